The van der Waals surface area contributed by atoms with Crippen molar-refractivity contribution < 1.29 is 4.39 Å². The maximum Gasteiger partial charge on any atom is 0.127 e. The van der Waals surface area contributed by atoms with Crippen LogP contribution in [0, 0.1) is 5.82 Å². The zero-order chi connectivity index (χ0) is 12.4. The standard InChI is InChI=1S/C11H10Cl2FN3/c1-17-3-2-15-10(17)6-16-11-8(12)4-7(14)5-9(11)13/h2-5,16H,6H2,1H3. The number of aromatic nitrogens is 2. The quantitative estimate of drug-likeness (QED) is 0.928. The van der Waals surface area contributed by atoms with Crippen molar-refractivity contribution in [3.8, 4) is 0 Å². The highest BCUT2D eigenvalue weighted by molar-refractivity contribution is 6.39. The zero-order valence-corrected chi connectivity index (χ0v) is 10.6. The van der Waals surface area contributed by atoms with Crippen LogP contribution in [0.15, 0.2) is 24.5 Å². The Morgan fingerprint density at radius 1 is 1.35 bits per heavy atom. The first-order valence-corrected chi connectivity index (χ1v) is 5.68. The highest BCUT2D eigenvalue weighted by Crippen LogP contribution is 2.31. The topological polar surface area (TPSA) is 29.9 Å². The van der Waals surface area contributed by atoms with Gasteiger partial charge in [0.05, 0.1) is 22.3 Å². The lowest BCUT2D eigenvalue weighted by atomic mass is 10.3. The van der Waals surface area contributed by atoms with Gasteiger partial charge >= 0.3 is 0 Å². The molecular formula is C11H10Cl2FN3. The Morgan fingerprint density at radius 3 is 2.53 bits per heavy atom. The second-order valence-electron chi connectivity index (χ2n) is 3.55. The van der Waals surface area contributed by atoms with Gasteiger partial charge in [-0.2, -0.15) is 0 Å². The molecular weight excluding hydrogens is 264 g/mol. The minimum absolute atomic E-state index is 0.254. The summed E-state index contributed by atoms with van der Waals surface area (Å²) in [7, 11) is 1.89. The van der Waals surface area contributed by atoms with Crippen LogP contribution in [0.3, 0.4) is 0 Å². The number of halogens is 3. The fourth-order valence-corrected chi connectivity index (χ4v) is 2.04. The molecule has 0 aliphatic rings. The van der Waals surface area contributed by atoms with E-state index in [0.29, 0.717) is 12.2 Å². The smallest absolute Gasteiger partial charge is 0.127 e. The predicted octanol–water partition coefficient (Wildman–Crippen LogP) is 3.48. The molecule has 3 nitrogen and oxygen atoms in total. The van der Waals surface area contributed by atoms with Crippen molar-refractivity contribution in [3.63, 3.8) is 0 Å². The molecule has 0 saturated carbocycles. The van der Waals surface area contributed by atoms with E-state index in [-0.39, 0.29) is 10.0 Å². The summed E-state index contributed by atoms with van der Waals surface area (Å²) in [6.07, 6.45) is 3.54. The van der Waals surface area contributed by atoms with Crippen molar-refractivity contribution in [2.45, 2.75) is 6.54 Å². The van der Waals surface area contributed by atoms with Crippen LogP contribution >= 0.6 is 23.2 Å². The molecule has 0 spiro atoms. The van der Waals surface area contributed by atoms with E-state index in [9.17, 15) is 4.39 Å². The van der Waals surface area contributed by atoms with E-state index in [2.05, 4.69) is 10.3 Å². The number of anilines is 1. The van der Waals surface area contributed by atoms with Crippen molar-refractivity contribution in [2.75, 3.05) is 5.32 Å². The number of hydrogen-bond donors (Lipinski definition) is 1. The predicted molar refractivity (Wildman–Crippen MR) is 67.0 cm³/mol. The second-order valence-corrected chi connectivity index (χ2v) is 4.37. The van der Waals surface area contributed by atoms with Crippen molar-refractivity contribution >= 4 is 28.9 Å². The Hall–Kier alpha value is -1.26. The third kappa shape index (κ3) is 2.70. The van der Waals surface area contributed by atoms with Crippen LogP contribution in [-0.2, 0) is 13.6 Å². The molecule has 1 N–H and O–H groups in total. The molecule has 17 heavy (non-hydrogen) atoms. The summed E-state index contributed by atoms with van der Waals surface area (Å²) in [5.41, 5.74) is 0.512. The van der Waals surface area contributed by atoms with Gasteiger partial charge in [-0.25, -0.2) is 9.37 Å². The molecule has 0 aliphatic carbocycles. The molecule has 0 bridgehead atoms. The highest BCUT2D eigenvalue weighted by Gasteiger charge is 2.09. The van der Waals surface area contributed by atoms with Gasteiger partial charge in [0.25, 0.3) is 0 Å². The van der Waals surface area contributed by atoms with Crippen LogP contribution in [0.5, 0.6) is 0 Å². The summed E-state index contributed by atoms with van der Waals surface area (Å²) in [6, 6.07) is 2.43. The first-order chi connectivity index (χ1) is 8.08. The van der Waals surface area contributed by atoms with Gasteiger partial charge in [-0.3, -0.25) is 0 Å². The summed E-state index contributed by atoms with van der Waals surface area (Å²) < 4.78 is 14.8. The van der Waals surface area contributed by atoms with Gasteiger partial charge in [0.15, 0.2) is 0 Å². The molecule has 0 unspecified atom stereocenters. The summed E-state index contributed by atoms with van der Waals surface area (Å²) in [5.74, 6) is 0.379. The Bertz CT molecular complexity index is 516. The molecule has 1 aromatic carbocycles. The lowest BCUT2D eigenvalue weighted by Crippen LogP contribution is -2.06. The molecule has 0 atom stereocenters. The molecule has 2 aromatic rings. The summed E-state index contributed by atoms with van der Waals surface area (Å²) in [5, 5.41) is 3.55. The Labute approximate surface area is 108 Å². The Kier molecular flexibility index (Phi) is 3.54. The number of nitrogens with one attached hydrogen (secondary N) is 1. The monoisotopic (exact) mass is 273 g/mol. The van der Waals surface area contributed by atoms with Crippen LogP contribution in [0.25, 0.3) is 0 Å². The zero-order valence-electron chi connectivity index (χ0n) is 9.04. The van der Waals surface area contributed by atoms with E-state index in [0.717, 1.165) is 5.82 Å². The highest BCUT2D eigenvalue weighted by atomic mass is 35.5. The Morgan fingerprint density at radius 2 is 2.00 bits per heavy atom. The van der Waals surface area contributed by atoms with E-state index in [4.69, 9.17) is 23.2 Å². The second kappa shape index (κ2) is 4.94. The lowest BCUT2D eigenvalue weighted by molar-refractivity contribution is 0.628. The number of benzene rings is 1. The lowest BCUT2D eigenvalue weighted by Gasteiger charge is -2.10. The summed E-state index contributed by atoms with van der Waals surface area (Å²) in [4.78, 5) is 4.15. The average molecular weight is 274 g/mol. The summed E-state index contributed by atoms with van der Waals surface area (Å²) >= 11 is 11.8. The molecule has 0 amide bonds. The SMILES string of the molecule is Cn1ccnc1CNc1c(Cl)cc(F)cc1Cl. The molecule has 90 valence electrons. The van der Waals surface area contributed by atoms with Gasteiger partial charge in [0.1, 0.15) is 11.6 Å². The molecule has 2 rings (SSSR count). The fourth-order valence-electron chi connectivity index (χ4n) is 1.45. The molecule has 0 saturated heterocycles. The largest absolute Gasteiger partial charge is 0.375 e. The normalized spacial score (nSPS) is 10.6. The van der Waals surface area contributed by atoms with Crippen LogP contribution in [-0.4, -0.2) is 9.55 Å². The van der Waals surface area contributed by atoms with E-state index in [1.807, 2.05) is 17.8 Å². The maximum atomic E-state index is 13.0. The van der Waals surface area contributed by atoms with E-state index < -0.39 is 5.82 Å². The third-order valence-corrected chi connectivity index (χ3v) is 2.95. The molecule has 6 heteroatoms. The number of aryl methyl sites for hydroxylation is 1. The number of hydrogen-bond acceptors (Lipinski definition) is 2. The van der Waals surface area contributed by atoms with Crippen molar-refractivity contribution in [3.05, 3.63) is 46.2 Å². The first-order valence-electron chi connectivity index (χ1n) is 4.92. The van der Waals surface area contributed by atoms with E-state index in [1.54, 1.807) is 6.20 Å². The van der Waals surface area contributed by atoms with E-state index in [1.165, 1.54) is 12.1 Å². The van der Waals surface area contributed by atoms with Gasteiger partial charge in [0, 0.05) is 19.4 Å². The fraction of sp³-hybridized carbons (Fsp3) is 0.182. The molecule has 1 heterocycles. The summed E-state index contributed by atoms with van der Waals surface area (Å²) in [6.45, 7) is 0.467. The van der Waals surface area contributed by atoms with Crippen LogP contribution in [0.1, 0.15) is 5.82 Å². The molecule has 0 aliphatic heterocycles. The van der Waals surface area contributed by atoms with Crippen molar-refractivity contribution in [1.29, 1.82) is 0 Å². The van der Waals surface area contributed by atoms with Crippen LogP contribution < -0.4 is 5.32 Å². The average Bonchev–Trinajstić information content (AvgIpc) is 2.62. The molecule has 0 radical (unpaired) electrons. The number of rotatable bonds is 3. The van der Waals surface area contributed by atoms with Crippen molar-refractivity contribution in [1.82, 2.24) is 9.55 Å². The van der Waals surface area contributed by atoms with Gasteiger partial charge in [-0.15, -0.1) is 0 Å². The Balaban J connectivity index is 2.17. The van der Waals surface area contributed by atoms with Gasteiger partial charge in [-0.05, 0) is 12.1 Å². The van der Waals surface area contributed by atoms with Crippen LogP contribution in [0.2, 0.25) is 10.0 Å². The van der Waals surface area contributed by atoms with Gasteiger partial charge < -0.3 is 9.88 Å². The molecule has 0 fully saturated rings. The van der Waals surface area contributed by atoms with Crippen LogP contribution in [0.4, 0.5) is 10.1 Å². The number of nitrogens with zero attached hydrogens (tertiary/aromatic N) is 2. The number of imidazole rings is 1. The third-order valence-electron chi connectivity index (χ3n) is 2.35. The van der Waals surface area contributed by atoms with Gasteiger partial charge in [-0.1, -0.05) is 23.2 Å². The molecule has 1 aromatic heterocycles. The van der Waals surface area contributed by atoms with Crippen molar-refractivity contribution in [2.24, 2.45) is 7.05 Å². The van der Waals surface area contributed by atoms with E-state index >= 15 is 0 Å². The first kappa shape index (κ1) is 12.2. The van der Waals surface area contributed by atoms with Gasteiger partial charge in [0.2, 0.25) is 0 Å². The minimum atomic E-state index is -0.456. The minimum Gasteiger partial charge on any atom is -0.375 e. The maximum absolute atomic E-state index is 13.0.